The molecule has 0 radical (unpaired) electrons. The fourth-order valence-corrected chi connectivity index (χ4v) is 5.30. The summed E-state index contributed by atoms with van der Waals surface area (Å²) in [5, 5.41) is 2.88. The molecule has 0 saturated carbocycles. The van der Waals surface area contributed by atoms with Crippen LogP contribution < -0.4 is 14.4 Å². The second kappa shape index (κ2) is 9.00. The Balaban J connectivity index is 1.51. The molecule has 1 aliphatic heterocycles. The molecule has 1 amide bonds. The first-order valence-corrected chi connectivity index (χ1v) is 11.6. The minimum absolute atomic E-state index is 0.0450. The molecule has 32 heavy (non-hydrogen) atoms. The second-order valence-electron chi connectivity index (χ2n) is 7.55. The third-order valence-electron chi connectivity index (χ3n) is 5.36. The first kappa shape index (κ1) is 21.8. The van der Waals surface area contributed by atoms with Gasteiger partial charge >= 0.3 is 0 Å². The van der Waals surface area contributed by atoms with E-state index in [0.29, 0.717) is 30.8 Å². The van der Waals surface area contributed by atoms with Crippen molar-refractivity contribution in [2.75, 3.05) is 23.3 Å². The van der Waals surface area contributed by atoms with E-state index in [1.807, 2.05) is 18.2 Å². The summed E-state index contributed by atoms with van der Waals surface area (Å²) in [6, 6.07) is 17.3. The normalized spacial score (nSPS) is 13.4. The van der Waals surface area contributed by atoms with Crippen LogP contribution in [-0.2, 0) is 27.7 Å². The molecule has 0 aromatic heterocycles. The van der Waals surface area contributed by atoms with Crippen molar-refractivity contribution in [2.24, 2.45) is 0 Å². The molecule has 1 heterocycles. The largest absolute Gasteiger partial charge is 0.497 e. The van der Waals surface area contributed by atoms with Crippen molar-refractivity contribution < 1.29 is 22.3 Å². The zero-order valence-corrected chi connectivity index (χ0v) is 18.4. The number of benzene rings is 3. The predicted octanol–water partition coefficient (Wildman–Crippen LogP) is 4.16. The molecule has 0 atom stereocenters. The lowest BCUT2D eigenvalue weighted by molar-refractivity contribution is -0.115. The highest BCUT2D eigenvalue weighted by Crippen LogP contribution is 2.34. The van der Waals surface area contributed by atoms with Crippen LogP contribution in [0.4, 0.5) is 15.8 Å². The Morgan fingerprint density at radius 1 is 1.06 bits per heavy atom. The minimum Gasteiger partial charge on any atom is -0.497 e. The van der Waals surface area contributed by atoms with Crippen LogP contribution in [0.1, 0.15) is 17.5 Å². The lowest BCUT2D eigenvalue weighted by atomic mass is 10.0. The van der Waals surface area contributed by atoms with Crippen LogP contribution in [0.25, 0.3) is 0 Å². The number of carbonyl (C=O) groups excluding carboxylic acids is 1. The van der Waals surface area contributed by atoms with Gasteiger partial charge in [-0.2, -0.15) is 0 Å². The van der Waals surface area contributed by atoms with Gasteiger partial charge in [-0.1, -0.05) is 12.1 Å². The second-order valence-corrected chi connectivity index (χ2v) is 9.41. The number of nitrogens with one attached hydrogen (secondary N) is 1. The summed E-state index contributed by atoms with van der Waals surface area (Å²) in [6.07, 6.45) is 1.57. The summed E-state index contributed by atoms with van der Waals surface area (Å²) in [7, 11) is -2.22. The Morgan fingerprint density at radius 2 is 1.78 bits per heavy atom. The van der Waals surface area contributed by atoms with Crippen molar-refractivity contribution >= 4 is 27.3 Å². The highest BCUT2D eigenvalue weighted by atomic mass is 32.2. The van der Waals surface area contributed by atoms with Crippen LogP contribution in [0, 0.1) is 5.82 Å². The van der Waals surface area contributed by atoms with Gasteiger partial charge in [0.05, 0.1) is 24.1 Å². The Hall–Kier alpha value is -3.39. The van der Waals surface area contributed by atoms with Crippen LogP contribution in [0.5, 0.6) is 5.75 Å². The molecule has 1 N–H and O–H groups in total. The Labute approximate surface area is 186 Å². The fraction of sp³-hybridized carbons (Fsp3) is 0.208. The fourth-order valence-electron chi connectivity index (χ4n) is 3.76. The maximum atomic E-state index is 13.2. The number of hydrogen-bond acceptors (Lipinski definition) is 4. The van der Waals surface area contributed by atoms with Gasteiger partial charge < -0.3 is 10.1 Å². The number of sulfonamides is 1. The van der Waals surface area contributed by atoms with E-state index in [1.54, 1.807) is 31.4 Å². The Morgan fingerprint density at radius 3 is 2.47 bits per heavy atom. The number of methoxy groups -OCH3 is 1. The molecule has 0 spiro atoms. The molecular weight excluding hydrogens is 431 g/mol. The summed E-state index contributed by atoms with van der Waals surface area (Å²) < 4.78 is 45.9. The number of fused-ring (bicyclic) bond motifs is 1. The van der Waals surface area contributed by atoms with Crippen molar-refractivity contribution in [1.82, 2.24) is 0 Å². The third-order valence-corrected chi connectivity index (χ3v) is 7.19. The van der Waals surface area contributed by atoms with Crippen LogP contribution in [0.2, 0.25) is 0 Å². The highest BCUT2D eigenvalue weighted by Gasteiger charge is 2.29. The number of nitrogens with zero attached hydrogens (tertiary/aromatic N) is 1. The number of halogens is 1. The van der Waals surface area contributed by atoms with Gasteiger partial charge in [-0.15, -0.1) is 0 Å². The van der Waals surface area contributed by atoms with Crippen LogP contribution in [0.3, 0.4) is 0 Å². The van der Waals surface area contributed by atoms with E-state index in [1.165, 1.54) is 16.4 Å². The van der Waals surface area contributed by atoms with Gasteiger partial charge in [-0.25, -0.2) is 12.8 Å². The van der Waals surface area contributed by atoms with E-state index in [4.69, 9.17) is 4.74 Å². The number of hydrogen-bond donors (Lipinski definition) is 1. The molecule has 0 unspecified atom stereocenters. The molecule has 0 fully saturated rings. The number of aryl methyl sites for hydroxylation is 1. The molecule has 8 heteroatoms. The SMILES string of the molecule is COc1ccc(CC(=O)Nc2ccc3c(c2)CCCN3S(=O)(=O)c2ccc(F)cc2)cc1. The van der Waals surface area contributed by atoms with E-state index < -0.39 is 15.8 Å². The standard InChI is InChI=1S/C24H23FN2O4S/c1-31-21-9-4-17(5-10-21)15-24(28)26-20-8-13-23-18(16-20)3-2-14-27(23)32(29,30)22-11-6-19(25)7-12-22/h4-13,16H,2-3,14-15H2,1H3,(H,26,28). The molecule has 1 aliphatic rings. The molecule has 0 aliphatic carbocycles. The van der Waals surface area contributed by atoms with Gasteiger partial charge in [0.1, 0.15) is 11.6 Å². The lowest BCUT2D eigenvalue weighted by Crippen LogP contribution is -2.35. The lowest BCUT2D eigenvalue weighted by Gasteiger charge is -2.31. The van der Waals surface area contributed by atoms with E-state index in [0.717, 1.165) is 29.0 Å². The number of anilines is 2. The predicted molar refractivity (Wildman–Crippen MR) is 121 cm³/mol. The average molecular weight is 455 g/mol. The van der Waals surface area contributed by atoms with Gasteiger partial charge in [0.2, 0.25) is 5.91 Å². The number of rotatable bonds is 6. The zero-order chi connectivity index (χ0) is 22.7. The van der Waals surface area contributed by atoms with E-state index in [2.05, 4.69) is 5.32 Å². The summed E-state index contributed by atoms with van der Waals surface area (Å²) in [6.45, 7) is 0.343. The minimum atomic E-state index is -3.81. The smallest absolute Gasteiger partial charge is 0.264 e. The van der Waals surface area contributed by atoms with Crippen LogP contribution in [-0.4, -0.2) is 28.0 Å². The van der Waals surface area contributed by atoms with Gasteiger partial charge in [-0.05, 0) is 78.6 Å². The van der Waals surface area contributed by atoms with Crippen LogP contribution >= 0.6 is 0 Å². The molecule has 0 saturated heterocycles. The monoisotopic (exact) mass is 454 g/mol. The molecule has 0 bridgehead atoms. The van der Waals surface area contributed by atoms with E-state index in [-0.39, 0.29) is 17.2 Å². The third kappa shape index (κ3) is 4.60. The molecule has 6 nitrogen and oxygen atoms in total. The number of ether oxygens (including phenoxy) is 1. The van der Waals surface area contributed by atoms with Crippen LogP contribution in [0.15, 0.2) is 71.6 Å². The Kier molecular flexibility index (Phi) is 6.14. The summed E-state index contributed by atoms with van der Waals surface area (Å²) >= 11 is 0. The molecular formula is C24H23FN2O4S. The van der Waals surface area contributed by atoms with Gasteiger partial charge in [0, 0.05) is 12.2 Å². The first-order chi connectivity index (χ1) is 15.4. The van der Waals surface area contributed by atoms with E-state index in [9.17, 15) is 17.6 Å². The van der Waals surface area contributed by atoms with Crippen molar-refractivity contribution in [1.29, 1.82) is 0 Å². The molecule has 4 rings (SSSR count). The van der Waals surface area contributed by atoms with Gasteiger partial charge in [-0.3, -0.25) is 9.10 Å². The zero-order valence-electron chi connectivity index (χ0n) is 17.5. The summed E-state index contributed by atoms with van der Waals surface area (Å²) in [5.74, 6) is 0.0729. The highest BCUT2D eigenvalue weighted by molar-refractivity contribution is 7.92. The Bertz CT molecular complexity index is 1230. The van der Waals surface area contributed by atoms with Gasteiger partial charge in [0.25, 0.3) is 10.0 Å². The average Bonchev–Trinajstić information content (AvgIpc) is 2.79. The van der Waals surface area contributed by atoms with Crippen molar-refractivity contribution in [3.8, 4) is 5.75 Å². The molecule has 3 aromatic carbocycles. The topological polar surface area (TPSA) is 75.7 Å². The van der Waals surface area contributed by atoms with Gasteiger partial charge in [0.15, 0.2) is 0 Å². The number of carbonyl (C=O) groups is 1. The summed E-state index contributed by atoms with van der Waals surface area (Å²) in [5.41, 5.74) is 2.89. The van der Waals surface area contributed by atoms with E-state index >= 15 is 0 Å². The molecule has 3 aromatic rings. The maximum absolute atomic E-state index is 13.2. The van der Waals surface area contributed by atoms with Crippen molar-refractivity contribution in [3.63, 3.8) is 0 Å². The first-order valence-electron chi connectivity index (χ1n) is 10.2. The van der Waals surface area contributed by atoms with Crippen molar-refractivity contribution in [2.45, 2.75) is 24.2 Å². The molecule has 166 valence electrons. The quantitative estimate of drug-likeness (QED) is 0.607. The maximum Gasteiger partial charge on any atom is 0.264 e. The van der Waals surface area contributed by atoms with Crippen molar-refractivity contribution in [3.05, 3.63) is 83.7 Å². The number of amides is 1. The summed E-state index contributed by atoms with van der Waals surface area (Å²) in [4.78, 5) is 12.5.